The van der Waals surface area contributed by atoms with E-state index in [1.54, 1.807) is 14.2 Å². The number of rotatable bonds is 3. The van der Waals surface area contributed by atoms with Crippen molar-refractivity contribution in [1.29, 1.82) is 0 Å². The molecule has 3 N–H and O–H groups in total. The van der Waals surface area contributed by atoms with Gasteiger partial charge in [0.05, 0.1) is 19.1 Å². The van der Waals surface area contributed by atoms with Crippen LogP contribution in [0.2, 0.25) is 0 Å². The van der Waals surface area contributed by atoms with Crippen molar-refractivity contribution in [2.75, 3.05) is 14.2 Å². The minimum absolute atomic E-state index is 0. The minimum atomic E-state index is 0. The van der Waals surface area contributed by atoms with Crippen LogP contribution in [-0.4, -0.2) is 25.3 Å². The molecule has 1 aromatic carbocycles. The first-order chi connectivity index (χ1) is 8.19. The summed E-state index contributed by atoms with van der Waals surface area (Å²) in [5.41, 5.74) is 5.55. The van der Waals surface area contributed by atoms with E-state index in [4.69, 9.17) is 20.4 Å². The number of nitrogens with two attached hydrogens (primary N) is 1. The van der Waals surface area contributed by atoms with Crippen LogP contribution in [0.5, 0.6) is 11.5 Å². The Morgan fingerprint density at radius 3 is 2.39 bits per heavy atom. The van der Waals surface area contributed by atoms with Crippen LogP contribution in [0.3, 0.4) is 0 Å². The molecule has 5 nitrogen and oxygen atoms in total. The second kappa shape index (κ2) is 5.79. The highest BCUT2D eigenvalue weighted by Gasteiger charge is 2.10. The number of ether oxygens (including phenoxy) is 2. The number of nitrogens with zero attached hydrogens (tertiary/aromatic N) is 1. The SMILES string of the molecule is COc1cc2cc(/C(N)=N\O)sc2cc1OC.Cl. The maximum atomic E-state index is 8.64. The first kappa shape index (κ1) is 14.4. The number of amidine groups is 1. The van der Waals surface area contributed by atoms with Crippen LogP contribution in [-0.2, 0) is 0 Å². The fourth-order valence-electron chi connectivity index (χ4n) is 1.54. The van der Waals surface area contributed by atoms with Gasteiger partial charge in [-0.05, 0) is 17.5 Å². The molecule has 0 radical (unpaired) electrons. The van der Waals surface area contributed by atoms with Gasteiger partial charge < -0.3 is 20.4 Å². The first-order valence-electron chi connectivity index (χ1n) is 4.83. The molecule has 0 aliphatic heterocycles. The summed E-state index contributed by atoms with van der Waals surface area (Å²) in [5, 5.41) is 12.6. The van der Waals surface area contributed by atoms with Crippen LogP contribution >= 0.6 is 23.7 Å². The van der Waals surface area contributed by atoms with Gasteiger partial charge in [0.25, 0.3) is 0 Å². The number of hydrogen-bond acceptors (Lipinski definition) is 5. The van der Waals surface area contributed by atoms with E-state index in [-0.39, 0.29) is 18.2 Å². The summed E-state index contributed by atoms with van der Waals surface area (Å²) in [6.45, 7) is 0. The molecule has 1 aromatic heterocycles. The van der Waals surface area contributed by atoms with Crippen LogP contribution in [0.25, 0.3) is 10.1 Å². The molecule has 7 heteroatoms. The van der Waals surface area contributed by atoms with Gasteiger partial charge >= 0.3 is 0 Å². The van der Waals surface area contributed by atoms with Crippen molar-refractivity contribution in [3.63, 3.8) is 0 Å². The maximum Gasteiger partial charge on any atom is 0.180 e. The summed E-state index contributed by atoms with van der Waals surface area (Å²) in [6.07, 6.45) is 0. The van der Waals surface area contributed by atoms with E-state index in [0.717, 1.165) is 10.1 Å². The van der Waals surface area contributed by atoms with Gasteiger partial charge in [0, 0.05) is 10.8 Å². The van der Waals surface area contributed by atoms with Crippen LogP contribution in [0, 0.1) is 0 Å². The van der Waals surface area contributed by atoms with E-state index in [2.05, 4.69) is 5.16 Å². The molecule has 2 aromatic rings. The zero-order valence-corrected chi connectivity index (χ0v) is 11.5. The molecule has 0 saturated heterocycles. The molecule has 0 aliphatic rings. The molecule has 0 fully saturated rings. The van der Waals surface area contributed by atoms with E-state index < -0.39 is 0 Å². The van der Waals surface area contributed by atoms with Gasteiger partial charge in [-0.2, -0.15) is 0 Å². The highest BCUT2D eigenvalue weighted by atomic mass is 35.5. The second-order valence-electron chi connectivity index (χ2n) is 3.34. The average Bonchev–Trinajstić information content (AvgIpc) is 2.78. The predicted molar refractivity (Wildman–Crippen MR) is 74.7 cm³/mol. The smallest absolute Gasteiger partial charge is 0.180 e. The number of hydrogen-bond donors (Lipinski definition) is 2. The number of thiophene rings is 1. The topological polar surface area (TPSA) is 77.1 Å². The Bertz CT molecular complexity index is 542. The van der Waals surface area contributed by atoms with E-state index >= 15 is 0 Å². The van der Waals surface area contributed by atoms with Crippen LogP contribution in [0.1, 0.15) is 4.88 Å². The zero-order chi connectivity index (χ0) is 12.4. The highest BCUT2D eigenvalue weighted by Crippen LogP contribution is 2.36. The third kappa shape index (κ3) is 2.44. The summed E-state index contributed by atoms with van der Waals surface area (Å²) < 4.78 is 11.4. The fourth-order valence-corrected chi connectivity index (χ4v) is 2.51. The molecule has 0 atom stereocenters. The number of oxime groups is 1. The Morgan fingerprint density at radius 2 is 1.83 bits per heavy atom. The molecule has 2 rings (SSSR count). The molecule has 18 heavy (non-hydrogen) atoms. The standard InChI is InChI=1S/C11H12N2O3S.ClH/c1-15-7-3-6-4-10(11(12)13-14)17-9(6)5-8(7)16-2;/h3-5,14H,1-2H3,(H2,12,13);1H. The lowest BCUT2D eigenvalue weighted by Gasteiger charge is -2.06. The van der Waals surface area contributed by atoms with Gasteiger partial charge in [0.15, 0.2) is 17.3 Å². The molecule has 98 valence electrons. The van der Waals surface area contributed by atoms with Crippen molar-refractivity contribution in [2.24, 2.45) is 10.9 Å². The van der Waals surface area contributed by atoms with E-state index in [1.807, 2.05) is 18.2 Å². The number of benzene rings is 1. The molecule has 0 amide bonds. The van der Waals surface area contributed by atoms with Crippen molar-refractivity contribution >= 4 is 39.7 Å². The van der Waals surface area contributed by atoms with Gasteiger partial charge in [0.1, 0.15) is 0 Å². The van der Waals surface area contributed by atoms with Crippen molar-refractivity contribution in [3.8, 4) is 11.5 Å². The number of halogens is 1. The molecule has 0 unspecified atom stereocenters. The van der Waals surface area contributed by atoms with E-state index in [1.165, 1.54) is 11.3 Å². The molecule has 0 aliphatic carbocycles. The summed E-state index contributed by atoms with van der Waals surface area (Å²) in [4.78, 5) is 0.706. The lowest BCUT2D eigenvalue weighted by Crippen LogP contribution is -2.10. The molecule has 0 spiro atoms. The van der Waals surface area contributed by atoms with Crippen molar-refractivity contribution in [1.82, 2.24) is 0 Å². The van der Waals surface area contributed by atoms with Crippen LogP contribution in [0.15, 0.2) is 23.4 Å². The minimum Gasteiger partial charge on any atom is -0.493 e. The van der Waals surface area contributed by atoms with Gasteiger partial charge in [-0.15, -0.1) is 23.7 Å². The average molecular weight is 289 g/mol. The van der Waals surface area contributed by atoms with Gasteiger partial charge in [-0.25, -0.2) is 0 Å². The van der Waals surface area contributed by atoms with Gasteiger partial charge in [-0.3, -0.25) is 0 Å². The monoisotopic (exact) mass is 288 g/mol. The van der Waals surface area contributed by atoms with Crippen molar-refractivity contribution < 1.29 is 14.7 Å². The number of methoxy groups -OCH3 is 2. The molecule has 1 heterocycles. The summed E-state index contributed by atoms with van der Waals surface area (Å²) >= 11 is 1.43. The normalized spacial score (nSPS) is 11.1. The zero-order valence-electron chi connectivity index (χ0n) is 9.84. The molecular formula is C11H13ClN2O3S. The Labute approximate surface area is 114 Å². The number of fused-ring (bicyclic) bond motifs is 1. The summed E-state index contributed by atoms with van der Waals surface area (Å²) in [6, 6.07) is 5.57. The fraction of sp³-hybridized carbons (Fsp3) is 0.182. The predicted octanol–water partition coefficient (Wildman–Crippen LogP) is 2.43. The molecular weight excluding hydrogens is 276 g/mol. The lowest BCUT2D eigenvalue weighted by atomic mass is 10.2. The quantitative estimate of drug-likeness (QED) is 0.394. The second-order valence-corrected chi connectivity index (χ2v) is 4.42. The Kier molecular flexibility index (Phi) is 4.63. The van der Waals surface area contributed by atoms with Crippen molar-refractivity contribution in [2.45, 2.75) is 0 Å². The lowest BCUT2D eigenvalue weighted by molar-refractivity contribution is 0.319. The molecule has 0 saturated carbocycles. The van der Waals surface area contributed by atoms with E-state index in [0.29, 0.717) is 16.4 Å². The first-order valence-corrected chi connectivity index (χ1v) is 5.64. The van der Waals surface area contributed by atoms with Crippen LogP contribution < -0.4 is 15.2 Å². The third-order valence-corrected chi connectivity index (χ3v) is 3.50. The molecule has 0 bridgehead atoms. The van der Waals surface area contributed by atoms with Crippen LogP contribution in [0.4, 0.5) is 0 Å². The van der Waals surface area contributed by atoms with Crippen molar-refractivity contribution in [3.05, 3.63) is 23.1 Å². The van der Waals surface area contributed by atoms with Gasteiger partial charge in [-0.1, -0.05) is 5.16 Å². The third-order valence-electron chi connectivity index (χ3n) is 2.38. The Morgan fingerprint density at radius 1 is 1.22 bits per heavy atom. The van der Waals surface area contributed by atoms with Gasteiger partial charge in [0.2, 0.25) is 0 Å². The highest BCUT2D eigenvalue weighted by molar-refractivity contribution is 7.20. The Balaban J connectivity index is 0.00000162. The Hall–Kier alpha value is -1.66. The summed E-state index contributed by atoms with van der Waals surface area (Å²) in [5.74, 6) is 1.42. The largest absolute Gasteiger partial charge is 0.493 e. The maximum absolute atomic E-state index is 8.64. The summed E-state index contributed by atoms with van der Waals surface area (Å²) in [7, 11) is 3.17. The van der Waals surface area contributed by atoms with E-state index in [9.17, 15) is 0 Å².